The van der Waals surface area contributed by atoms with Gasteiger partial charge in [0.2, 0.25) is 0 Å². The molecule has 5 heterocycles. The summed E-state index contributed by atoms with van der Waals surface area (Å²) in [5, 5.41) is 5.00. The maximum atomic E-state index is 14.2. The van der Waals surface area contributed by atoms with E-state index in [0.717, 1.165) is 34.9 Å². The lowest BCUT2D eigenvalue weighted by Crippen LogP contribution is -2.57. The Morgan fingerprint density at radius 2 is 2.06 bits per heavy atom. The summed E-state index contributed by atoms with van der Waals surface area (Å²) >= 11 is 0. The van der Waals surface area contributed by atoms with Crippen LogP contribution in [-0.4, -0.2) is 81.2 Å². The second kappa shape index (κ2) is 8.08. The number of pyridine rings is 1. The maximum Gasteiger partial charge on any atom is 0.407 e. The van der Waals surface area contributed by atoms with Crippen LogP contribution in [0.1, 0.15) is 25.0 Å². The van der Waals surface area contributed by atoms with Crippen molar-refractivity contribution in [2.75, 3.05) is 26.2 Å². The lowest BCUT2D eigenvalue weighted by molar-refractivity contribution is -0.165. The zero-order valence-electron chi connectivity index (χ0n) is 18.9. The fourth-order valence-corrected chi connectivity index (χ4v) is 5.26. The number of aliphatic imine (C=N–C) groups is 1. The van der Waals surface area contributed by atoms with Crippen molar-refractivity contribution in [3.8, 4) is 0 Å². The highest BCUT2D eigenvalue weighted by Crippen LogP contribution is 2.39. The number of rotatable bonds is 3. The number of fused-ring (bicyclic) bond motifs is 2. The highest BCUT2D eigenvalue weighted by atomic mass is 19.4. The molecule has 0 N–H and O–H groups in total. The monoisotopic (exact) mass is 508 g/mol. The summed E-state index contributed by atoms with van der Waals surface area (Å²) in [6, 6.07) is -0.288. The molecule has 1 saturated carbocycles. The largest absolute Gasteiger partial charge is 0.407 e. The van der Waals surface area contributed by atoms with Crippen molar-refractivity contribution >= 4 is 23.5 Å². The van der Waals surface area contributed by atoms with Gasteiger partial charge in [-0.3, -0.25) is 19.2 Å². The topological polar surface area (TPSA) is 74.8 Å². The Balaban J connectivity index is 1.33. The molecule has 2 unspecified atom stereocenters. The SMILES string of the molecule is O=C(C1=CC2C(C=N1)C(c1cnc3c(F)cc(F)cn13)=NN2CC(F)(F)F)N1CCOC2(CCC2)C1. The Hall–Kier alpha value is -3.35. The molecule has 2 aromatic rings. The molecule has 36 heavy (non-hydrogen) atoms. The van der Waals surface area contributed by atoms with Crippen LogP contribution in [0.4, 0.5) is 22.0 Å². The zero-order valence-corrected chi connectivity index (χ0v) is 18.9. The molecule has 0 aromatic carbocycles. The molecule has 1 amide bonds. The predicted octanol–water partition coefficient (Wildman–Crippen LogP) is 2.93. The summed E-state index contributed by atoms with van der Waals surface area (Å²) in [5.41, 5.74) is -0.233. The van der Waals surface area contributed by atoms with Gasteiger partial charge in [0.1, 0.15) is 18.1 Å². The van der Waals surface area contributed by atoms with Gasteiger partial charge in [-0.05, 0) is 25.3 Å². The summed E-state index contributed by atoms with van der Waals surface area (Å²) in [4.78, 5) is 23.1. The van der Waals surface area contributed by atoms with Crippen LogP contribution in [0.15, 0.2) is 40.3 Å². The summed E-state index contributed by atoms with van der Waals surface area (Å²) < 4.78 is 75.2. The molecule has 0 bridgehead atoms. The fourth-order valence-electron chi connectivity index (χ4n) is 5.26. The van der Waals surface area contributed by atoms with E-state index >= 15 is 0 Å². The number of morpholine rings is 1. The number of carbonyl (C=O) groups is 1. The molecule has 1 spiro atoms. The first-order valence-corrected chi connectivity index (χ1v) is 11.6. The molecule has 2 atom stereocenters. The van der Waals surface area contributed by atoms with Crippen molar-refractivity contribution < 1.29 is 31.5 Å². The molecule has 4 aliphatic rings. The van der Waals surface area contributed by atoms with Gasteiger partial charge in [-0.25, -0.2) is 13.8 Å². The van der Waals surface area contributed by atoms with E-state index in [9.17, 15) is 26.7 Å². The Bertz CT molecular complexity index is 1330. The Morgan fingerprint density at radius 1 is 1.25 bits per heavy atom. The third-order valence-corrected chi connectivity index (χ3v) is 7.12. The van der Waals surface area contributed by atoms with Crippen molar-refractivity contribution in [1.82, 2.24) is 19.3 Å². The van der Waals surface area contributed by atoms with Gasteiger partial charge in [-0.2, -0.15) is 18.3 Å². The smallest absolute Gasteiger partial charge is 0.371 e. The number of ether oxygens (including phenoxy) is 1. The van der Waals surface area contributed by atoms with Crippen LogP contribution in [0.3, 0.4) is 0 Å². The fraction of sp³-hybridized carbons (Fsp3) is 0.478. The van der Waals surface area contributed by atoms with Crippen LogP contribution in [0, 0.1) is 17.6 Å². The molecule has 190 valence electrons. The second-order valence-electron chi connectivity index (χ2n) is 9.50. The Labute approximate surface area is 201 Å². The van der Waals surface area contributed by atoms with Gasteiger partial charge < -0.3 is 9.64 Å². The van der Waals surface area contributed by atoms with Crippen LogP contribution < -0.4 is 0 Å². The number of hydrogen-bond donors (Lipinski definition) is 0. The number of halogens is 5. The van der Waals surface area contributed by atoms with E-state index in [0.29, 0.717) is 25.8 Å². The van der Waals surface area contributed by atoms with Gasteiger partial charge in [-0.15, -0.1) is 0 Å². The van der Waals surface area contributed by atoms with Crippen LogP contribution in [0.2, 0.25) is 0 Å². The molecule has 1 aliphatic carbocycles. The summed E-state index contributed by atoms with van der Waals surface area (Å²) in [6.07, 6.45) is 3.16. The van der Waals surface area contributed by atoms with E-state index in [1.54, 1.807) is 4.90 Å². The molecule has 1 saturated heterocycles. The first-order chi connectivity index (χ1) is 17.1. The zero-order chi connectivity index (χ0) is 25.2. The normalized spacial score (nSPS) is 25.1. The van der Waals surface area contributed by atoms with Crippen LogP contribution in [0.5, 0.6) is 0 Å². The van der Waals surface area contributed by atoms with Crippen molar-refractivity contribution in [2.45, 2.75) is 37.1 Å². The first-order valence-electron chi connectivity index (χ1n) is 11.6. The number of nitrogens with zero attached hydrogens (tertiary/aromatic N) is 6. The minimum Gasteiger partial charge on any atom is -0.371 e. The van der Waals surface area contributed by atoms with Gasteiger partial charge >= 0.3 is 6.18 Å². The minimum absolute atomic E-state index is 0.0338. The van der Waals surface area contributed by atoms with E-state index in [-0.39, 0.29) is 34.3 Å². The Morgan fingerprint density at radius 3 is 2.78 bits per heavy atom. The summed E-state index contributed by atoms with van der Waals surface area (Å²) in [6.45, 7) is -0.193. The van der Waals surface area contributed by atoms with Crippen LogP contribution in [-0.2, 0) is 9.53 Å². The predicted molar refractivity (Wildman–Crippen MR) is 117 cm³/mol. The molecule has 13 heteroatoms. The van der Waals surface area contributed by atoms with Crippen molar-refractivity contribution in [3.63, 3.8) is 0 Å². The van der Waals surface area contributed by atoms with Crippen LogP contribution >= 0.6 is 0 Å². The van der Waals surface area contributed by atoms with Crippen molar-refractivity contribution in [2.24, 2.45) is 16.0 Å². The van der Waals surface area contributed by atoms with Gasteiger partial charge in [0.15, 0.2) is 11.5 Å². The Kier molecular flexibility index (Phi) is 5.18. The molecular weight excluding hydrogens is 487 g/mol. The van der Waals surface area contributed by atoms with Gasteiger partial charge in [0.25, 0.3) is 5.91 Å². The van der Waals surface area contributed by atoms with Crippen molar-refractivity contribution in [3.05, 3.63) is 47.6 Å². The number of hydrazone groups is 1. The van der Waals surface area contributed by atoms with E-state index < -0.39 is 36.3 Å². The number of hydrogen-bond acceptors (Lipinski definition) is 6. The van der Waals surface area contributed by atoms with Crippen molar-refractivity contribution in [1.29, 1.82) is 0 Å². The van der Waals surface area contributed by atoms with E-state index in [4.69, 9.17) is 4.74 Å². The third-order valence-electron chi connectivity index (χ3n) is 7.12. The van der Waals surface area contributed by atoms with Gasteiger partial charge in [-0.1, -0.05) is 0 Å². The number of alkyl halides is 3. The second-order valence-corrected chi connectivity index (χ2v) is 9.50. The molecular formula is C23H21F5N6O2. The average molecular weight is 508 g/mol. The molecule has 2 fully saturated rings. The average Bonchev–Trinajstić information content (AvgIpc) is 3.37. The highest BCUT2D eigenvalue weighted by molar-refractivity contribution is 6.12. The van der Waals surface area contributed by atoms with Gasteiger partial charge in [0, 0.05) is 25.0 Å². The van der Waals surface area contributed by atoms with Gasteiger partial charge in [0.05, 0.1) is 48.3 Å². The number of amides is 1. The molecule has 8 nitrogen and oxygen atoms in total. The summed E-state index contributed by atoms with van der Waals surface area (Å²) in [5.74, 6) is -2.94. The van der Waals surface area contributed by atoms with E-state index in [2.05, 4.69) is 15.1 Å². The number of imidazole rings is 1. The molecule has 2 aromatic heterocycles. The highest BCUT2D eigenvalue weighted by Gasteiger charge is 2.46. The standard InChI is InChI=1S/C23H21F5N6O2/c24-13-6-15(25)20-30-9-18(33(20)10-13)19-14-8-29-16(7-17(14)34(31-19)12-23(26,27)28)21(35)32-4-5-36-22(11-32)2-1-3-22/h6-10,14,17H,1-5,11-12H2. The maximum absolute atomic E-state index is 14.2. The van der Waals surface area contributed by atoms with Crippen LogP contribution in [0.25, 0.3) is 5.65 Å². The number of carbonyl (C=O) groups excluding carboxylic acids is 1. The third kappa shape index (κ3) is 3.85. The quantitative estimate of drug-likeness (QED) is 0.598. The molecule has 0 radical (unpaired) electrons. The lowest BCUT2D eigenvalue weighted by atomic mass is 9.79. The summed E-state index contributed by atoms with van der Waals surface area (Å²) in [7, 11) is 0. The first kappa shape index (κ1) is 23.1. The molecule has 6 rings (SSSR count). The number of aromatic nitrogens is 2. The minimum atomic E-state index is -4.57. The van der Waals surface area contributed by atoms with E-state index in [1.165, 1.54) is 18.5 Å². The van der Waals surface area contributed by atoms with E-state index in [1.807, 2.05) is 0 Å². The lowest BCUT2D eigenvalue weighted by Gasteiger charge is -2.48. The molecule has 3 aliphatic heterocycles.